The fourth-order valence-corrected chi connectivity index (χ4v) is 3.55. The Kier molecular flexibility index (Phi) is 3.96. The number of pyridine rings is 1. The maximum Gasteiger partial charge on any atom is 0.160 e. The molecule has 0 amide bonds. The van der Waals surface area contributed by atoms with E-state index in [2.05, 4.69) is 15.3 Å². The second-order valence-electron chi connectivity index (χ2n) is 5.70. The number of rotatable bonds is 4. The molecule has 0 spiro atoms. The summed E-state index contributed by atoms with van der Waals surface area (Å²) in [6, 6.07) is 3.10. The Morgan fingerprint density at radius 2 is 1.92 bits per heavy atom. The first-order valence-corrected chi connectivity index (χ1v) is 8.60. The van der Waals surface area contributed by atoms with Crippen molar-refractivity contribution in [1.82, 2.24) is 29.9 Å². The Bertz CT molecular complexity index is 994. The van der Waals surface area contributed by atoms with Crippen molar-refractivity contribution in [1.29, 1.82) is 0 Å². The molecule has 4 aromatic heterocycles. The minimum Gasteiger partial charge on any atom is -0.326 e. The van der Waals surface area contributed by atoms with Crippen molar-refractivity contribution in [2.75, 3.05) is 0 Å². The SMILES string of the molecule is CC(N)C(N)c1nc(-c2ccncc2)nc2c(-n3ccnn3)csc12. The Morgan fingerprint density at radius 3 is 2.60 bits per heavy atom. The molecular weight excluding hydrogens is 336 g/mol. The maximum atomic E-state index is 6.32. The van der Waals surface area contributed by atoms with Crippen molar-refractivity contribution >= 4 is 21.6 Å². The normalized spacial score (nSPS) is 13.9. The van der Waals surface area contributed by atoms with E-state index in [9.17, 15) is 0 Å². The van der Waals surface area contributed by atoms with E-state index in [1.807, 2.05) is 24.4 Å². The van der Waals surface area contributed by atoms with E-state index in [1.54, 1.807) is 29.5 Å². The van der Waals surface area contributed by atoms with Gasteiger partial charge in [0.2, 0.25) is 0 Å². The molecular formula is C16H16N8S. The first kappa shape index (κ1) is 15.8. The van der Waals surface area contributed by atoms with Crippen LogP contribution in [0.2, 0.25) is 0 Å². The van der Waals surface area contributed by atoms with Gasteiger partial charge in [-0.05, 0) is 19.1 Å². The van der Waals surface area contributed by atoms with Gasteiger partial charge in [-0.1, -0.05) is 5.21 Å². The number of hydrogen-bond acceptors (Lipinski definition) is 8. The molecule has 0 saturated heterocycles. The lowest BCUT2D eigenvalue weighted by atomic mass is 10.1. The first-order valence-electron chi connectivity index (χ1n) is 7.72. The molecule has 0 aliphatic heterocycles. The van der Waals surface area contributed by atoms with Crippen molar-refractivity contribution in [3.63, 3.8) is 0 Å². The number of fused-ring (bicyclic) bond motifs is 1. The van der Waals surface area contributed by atoms with Crippen LogP contribution in [0.5, 0.6) is 0 Å². The van der Waals surface area contributed by atoms with Crippen molar-refractivity contribution < 1.29 is 0 Å². The van der Waals surface area contributed by atoms with E-state index in [-0.39, 0.29) is 6.04 Å². The maximum absolute atomic E-state index is 6.32. The molecule has 0 aliphatic carbocycles. The van der Waals surface area contributed by atoms with Crippen LogP contribution < -0.4 is 11.5 Å². The predicted octanol–water partition coefficient (Wildman–Crippen LogP) is 1.68. The molecule has 8 nitrogen and oxygen atoms in total. The summed E-state index contributed by atoms with van der Waals surface area (Å²) in [6.45, 7) is 1.87. The monoisotopic (exact) mass is 352 g/mol. The van der Waals surface area contributed by atoms with Crippen molar-refractivity contribution in [3.05, 3.63) is 48.0 Å². The van der Waals surface area contributed by atoms with E-state index in [0.717, 1.165) is 27.2 Å². The van der Waals surface area contributed by atoms with E-state index < -0.39 is 6.04 Å². The van der Waals surface area contributed by atoms with Crippen LogP contribution in [0.4, 0.5) is 0 Å². The number of thiophene rings is 1. The molecule has 4 rings (SSSR count). The molecule has 0 saturated carbocycles. The summed E-state index contributed by atoms with van der Waals surface area (Å²) < 4.78 is 2.59. The van der Waals surface area contributed by atoms with Gasteiger partial charge in [-0.15, -0.1) is 16.4 Å². The van der Waals surface area contributed by atoms with E-state index in [0.29, 0.717) is 5.82 Å². The third-order valence-electron chi connectivity index (χ3n) is 3.91. The second-order valence-corrected chi connectivity index (χ2v) is 6.58. The van der Waals surface area contributed by atoms with Gasteiger partial charge in [0, 0.05) is 29.4 Å². The molecule has 0 aliphatic rings. The van der Waals surface area contributed by atoms with Gasteiger partial charge in [0.05, 0.1) is 28.8 Å². The molecule has 2 atom stereocenters. The number of nitrogens with two attached hydrogens (primary N) is 2. The van der Waals surface area contributed by atoms with Crippen molar-refractivity contribution in [2.45, 2.75) is 19.0 Å². The van der Waals surface area contributed by atoms with Gasteiger partial charge in [0.1, 0.15) is 11.2 Å². The van der Waals surface area contributed by atoms with Crippen LogP contribution in [0.1, 0.15) is 18.7 Å². The number of nitrogens with zero attached hydrogens (tertiary/aromatic N) is 6. The standard InChI is InChI=1S/C16H16N8S/c1-9(17)12(18)14-15-13(11(8-25-15)24-7-6-20-23-24)21-16(22-14)10-2-4-19-5-3-10/h2-9,12H,17-18H2,1H3. The molecule has 126 valence electrons. The summed E-state index contributed by atoms with van der Waals surface area (Å²) in [5, 5.41) is 9.91. The zero-order valence-electron chi connectivity index (χ0n) is 13.4. The zero-order valence-corrected chi connectivity index (χ0v) is 14.3. The third-order valence-corrected chi connectivity index (χ3v) is 4.89. The lowest BCUT2D eigenvalue weighted by Gasteiger charge is -2.16. The van der Waals surface area contributed by atoms with Crippen LogP contribution in [0.3, 0.4) is 0 Å². The van der Waals surface area contributed by atoms with E-state index in [4.69, 9.17) is 21.4 Å². The van der Waals surface area contributed by atoms with Crippen LogP contribution in [-0.4, -0.2) is 36.0 Å². The Hall–Kier alpha value is -2.75. The van der Waals surface area contributed by atoms with Gasteiger partial charge in [0.15, 0.2) is 5.82 Å². The quantitative estimate of drug-likeness (QED) is 0.573. The van der Waals surface area contributed by atoms with E-state index in [1.165, 1.54) is 11.3 Å². The fourth-order valence-electron chi connectivity index (χ4n) is 2.53. The molecule has 25 heavy (non-hydrogen) atoms. The smallest absolute Gasteiger partial charge is 0.160 e. The summed E-state index contributed by atoms with van der Waals surface area (Å²) in [5.74, 6) is 0.584. The van der Waals surface area contributed by atoms with Gasteiger partial charge < -0.3 is 11.5 Å². The molecule has 2 unspecified atom stereocenters. The van der Waals surface area contributed by atoms with E-state index >= 15 is 0 Å². The minimum atomic E-state index is -0.395. The summed E-state index contributed by atoms with van der Waals surface area (Å²) in [7, 11) is 0. The van der Waals surface area contributed by atoms with Gasteiger partial charge in [-0.2, -0.15) is 0 Å². The minimum absolute atomic E-state index is 0.236. The van der Waals surface area contributed by atoms with Gasteiger partial charge in [-0.3, -0.25) is 4.98 Å². The molecule has 4 aromatic rings. The Morgan fingerprint density at radius 1 is 1.12 bits per heavy atom. The largest absolute Gasteiger partial charge is 0.326 e. The highest BCUT2D eigenvalue weighted by atomic mass is 32.1. The molecule has 0 fully saturated rings. The highest BCUT2D eigenvalue weighted by Crippen LogP contribution is 2.33. The molecule has 0 aromatic carbocycles. The zero-order chi connectivity index (χ0) is 17.4. The van der Waals surface area contributed by atoms with Gasteiger partial charge in [-0.25, -0.2) is 14.6 Å². The van der Waals surface area contributed by atoms with Crippen LogP contribution >= 0.6 is 11.3 Å². The van der Waals surface area contributed by atoms with Crippen LogP contribution in [0.25, 0.3) is 27.3 Å². The topological polar surface area (TPSA) is 121 Å². The Balaban J connectivity index is 1.99. The summed E-state index contributed by atoms with van der Waals surface area (Å²) in [6.07, 6.45) is 6.82. The first-order chi connectivity index (χ1) is 12.1. The molecule has 9 heteroatoms. The highest BCUT2D eigenvalue weighted by Gasteiger charge is 2.22. The molecule has 0 bridgehead atoms. The second kappa shape index (κ2) is 6.28. The third kappa shape index (κ3) is 2.78. The average molecular weight is 352 g/mol. The van der Waals surface area contributed by atoms with Gasteiger partial charge >= 0.3 is 0 Å². The highest BCUT2D eigenvalue weighted by molar-refractivity contribution is 7.17. The predicted molar refractivity (Wildman–Crippen MR) is 96.1 cm³/mol. The summed E-state index contributed by atoms with van der Waals surface area (Å²) >= 11 is 1.53. The van der Waals surface area contributed by atoms with Crippen LogP contribution in [-0.2, 0) is 0 Å². The number of aromatic nitrogens is 6. The lowest BCUT2D eigenvalue weighted by molar-refractivity contribution is 0.579. The molecule has 4 N–H and O–H groups in total. The van der Waals surface area contributed by atoms with Gasteiger partial charge in [0.25, 0.3) is 0 Å². The number of hydrogen-bond donors (Lipinski definition) is 2. The Labute approximate surface area is 147 Å². The van der Waals surface area contributed by atoms with Crippen molar-refractivity contribution in [2.24, 2.45) is 11.5 Å². The van der Waals surface area contributed by atoms with Crippen molar-refractivity contribution in [3.8, 4) is 17.1 Å². The van der Waals surface area contributed by atoms with Crippen LogP contribution in [0.15, 0.2) is 42.3 Å². The average Bonchev–Trinajstić information content (AvgIpc) is 3.30. The molecule has 0 radical (unpaired) electrons. The molecule has 4 heterocycles. The fraction of sp³-hybridized carbons (Fsp3) is 0.188. The lowest BCUT2D eigenvalue weighted by Crippen LogP contribution is -2.32. The summed E-state index contributed by atoms with van der Waals surface area (Å²) in [5.41, 5.74) is 15.6. The van der Waals surface area contributed by atoms with Crippen LogP contribution in [0, 0.1) is 0 Å². The summed E-state index contributed by atoms with van der Waals surface area (Å²) in [4.78, 5) is 13.5.